The molecule has 1 heterocycles. The summed E-state index contributed by atoms with van der Waals surface area (Å²) in [6, 6.07) is 0.785. The summed E-state index contributed by atoms with van der Waals surface area (Å²) in [5.41, 5.74) is 1.04. The minimum atomic E-state index is -0.981. The molecule has 106 valence electrons. The van der Waals surface area contributed by atoms with Crippen molar-refractivity contribution in [2.45, 2.75) is 38.8 Å². The lowest BCUT2D eigenvalue weighted by Crippen LogP contribution is -2.46. The Balaban J connectivity index is 2.48. The van der Waals surface area contributed by atoms with Crippen LogP contribution in [0, 0.1) is 0 Å². The Hall–Kier alpha value is -1.56. The number of carbonyl (C=O) groups excluding carboxylic acids is 1. The maximum absolute atomic E-state index is 11.9. The number of thiophene rings is 1. The van der Waals surface area contributed by atoms with Crippen LogP contribution in [0.25, 0.3) is 0 Å². The molecule has 0 aliphatic rings. The zero-order chi connectivity index (χ0) is 14.3. The molecule has 1 rings (SSSR count). The molecular formula is C13H20N2O3S. The summed E-state index contributed by atoms with van der Waals surface area (Å²) in [7, 11) is 1.66. The summed E-state index contributed by atoms with van der Waals surface area (Å²) in [4.78, 5) is 24.4. The van der Waals surface area contributed by atoms with Crippen LogP contribution in [0.3, 0.4) is 0 Å². The van der Waals surface area contributed by atoms with E-state index in [9.17, 15) is 9.59 Å². The summed E-state index contributed by atoms with van der Waals surface area (Å²) in [6.07, 6.45) is 2.15. The number of urea groups is 1. The molecule has 5 nitrogen and oxygen atoms in total. The average Bonchev–Trinajstić information content (AvgIpc) is 2.86. The molecule has 0 radical (unpaired) electrons. The van der Waals surface area contributed by atoms with Crippen LogP contribution >= 0.6 is 11.3 Å². The third kappa shape index (κ3) is 5.30. The number of hydrogen-bond acceptors (Lipinski definition) is 3. The molecule has 19 heavy (non-hydrogen) atoms. The van der Waals surface area contributed by atoms with Crippen molar-refractivity contribution in [3.63, 3.8) is 0 Å². The number of rotatable bonds is 7. The fourth-order valence-electron chi connectivity index (χ4n) is 1.65. The minimum absolute atomic E-state index is 0.352. The van der Waals surface area contributed by atoms with E-state index >= 15 is 0 Å². The van der Waals surface area contributed by atoms with Gasteiger partial charge in [0.1, 0.15) is 6.04 Å². The van der Waals surface area contributed by atoms with E-state index in [1.165, 1.54) is 4.90 Å². The summed E-state index contributed by atoms with van der Waals surface area (Å²) >= 11 is 1.57. The van der Waals surface area contributed by atoms with Gasteiger partial charge in [0.15, 0.2) is 0 Å². The first-order valence-corrected chi connectivity index (χ1v) is 7.24. The molecule has 0 saturated carbocycles. The lowest BCUT2D eigenvalue weighted by molar-refractivity contribution is -0.139. The summed E-state index contributed by atoms with van der Waals surface area (Å²) in [5, 5.41) is 15.5. The van der Waals surface area contributed by atoms with E-state index in [1.807, 2.05) is 23.8 Å². The molecule has 2 amide bonds. The average molecular weight is 284 g/mol. The Morgan fingerprint density at radius 3 is 2.79 bits per heavy atom. The first kappa shape index (κ1) is 15.5. The minimum Gasteiger partial charge on any atom is -0.480 e. The number of carboxylic acid groups (broad SMARTS) is 1. The summed E-state index contributed by atoms with van der Waals surface area (Å²) < 4.78 is 0. The molecule has 0 fully saturated rings. The van der Waals surface area contributed by atoms with Crippen LogP contribution in [0.5, 0.6) is 0 Å². The van der Waals surface area contributed by atoms with Crippen LogP contribution in [0.4, 0.5) is 4.79 Å². The number of carbonyl (C=O) groups is 2. The molecule has 1 aromatic heterocycles. The van der Waals surface area contributed by atoms with Crippen molar-refractivity contribution in [2.24, 2.45) is 0 Å². The zero-order valence-electron chi connectivity index (χ0n) is 11.3. The summed E-state index contributed by atoms with van der Waals surface area (Å²) in [6.45, 7) is 2.47. The zero-order valence-corrected chi connectivity index (χ0v) is 12.1. The second kappa shape index (κ2) is 7.78. The highest BCUT2D eigenvalue weighted by Gasteiger charge is 2.21. The molecule has 1 atom stereocenters. The fraction of sp³-hybridized carbons (Fsp3) is 0.538. The predicted octanol–water partition coefficient (Wildman–Crippen LogP) is 2.53. The van der Waals surface area contributed by atoms with Gasteiger partial charge in [0.25, 0.3) is 0 Å². The Kier molecular flexibility index (Phi) is 6.35. The molecule has 6 heteroatoms. The van der Waals surface area contributed by atoms with Crippen molar-refractivity contribution < 1.29 is 14.7 Å². The van der Waals surface area contributed by atoms with Crippen molar-refractivity contribution >= 4 is 23.3 Å². The monoisotopic (exact) mass is 284 g/mol. The maximum atomic E-state index is 11.9. The molecule has 0 aromatic carbocycles. The van der Waals surface area contributed by atoms with Crippen LogP contribution in [0.1, 0.15) is 31.7 Å². The highest BCUT2D eigenvalue weighted by molar-refractivity contribution is 7.07. The number of amides is 2. The van der Waals surface area contributed by atoms with E-state index < -0.39 is 12.0 Å². The Morgan fingerprint density at radius 2 is 2.26 bits per heavy atom. The number of aliphatic carboxylic acids is 1. The number of nitrogens with zero attached hydrogens (tertiary/aromatic N) is 1. The lowest BCUT2D eigenvalue weighted by atomic mass is 10.1. The first-order chi connectivity index (χ1) is 9.04. The standard InChI is InChI=1S/C13H20N2O3S/c1-3-4-5-11(12(16)17)14-13(18)15(2)8-10-6-7-19-9-10/h6-7,9,11H,3-5,8H2,1-2H3,(H,14,18)(H,16,17). The van der Waals surface area contributed by atoms with Gasteiger partial charge in [0.2, 0.25) is 0 Å². The maximum Gasteiger partial charge on any atom is 0.326 e. The van der Waals surface area contributed by atoms with Crippen LogP contribution in [-0.4, -0.2) is 35.1 Å². The predicted molar refractivity (Wildman–Crippen MR) is 75.3 cm³/mol. The van der Waals surface area contributed by atoms with Crippen LogP contribution in [0.15, 0.2) is 16.8 Å². The van der Waals surface area contributed by atoms with E-state index in [-0.39, 0.29) is 6.03 Å². The number of carboxylic acids is 1. The van der Waals surface area contributed by atoms with Crippen LogP contribution in [-0.2, 0) is 11.3 Å². The van der Waals surface area contributed by atoms with Gasteiger partial charge in [-0.15, -0.1) is 0 Å². The van der Waals surface area contributed by atoms with Gasteiger partial charge in [0.05, 0.1) is 0 Å². The highest BCUT2D eigenvalue weighted by Crippen LogP contribution is 2.09. The SMILES string of the molecule is CCCCC(NC(=O)N(C)Cc1ccsc1)C(=O)O. The van der Waals surface area contributed by atoms with Gasteiger partial charge in [0, 0.05) is 13.6 Å². The number of nitrogens with one attached hydrogen (secondary N) is 1. The van der Waals surface area contributed by atoms with E-state index in [1.54, 1.807) is 18.4 Å². The van der Waals surface area contributed by atoms with Crippen molar-refractivity contribution in [3.8, 4) is 0 Å². The van der Waals surface area contributed by atoms with Crippen molar-refractivity contribution in [1.29, 1.82) is 0 Å². The van der Waals surface area contributed by atoms with Gasteiger partial charge in [-0.1, -0.05) is 19.8 Å². The Morgan fingerprint density at radius 1 is 1.53 bits per heavy atom. The molecule has 0 aliphatic carbocycles. The van der Waals surface area contributed by atoms with Gasteiger partial charge < -0.3 is 15.3 Å². The van der Waals surface area contributed by atoms with E-state index in [4.69, 9.17) is 5.11 Å². The molecule has 0 saturated heterocycles. The number of unbranched alkanes of at least 4 members (excludes halogenated alkanes) is 1. The topological polar surface area (TPSA) is 69.6 Å². The van der Waals surface area contributed by atoms with Crippen LogP contribution < -0.4 is 5.32 Å². The van der Waals surface area contributed by atoms with E-state index in [0.29, 0.717) is 13.0 Å². The summed E-state index contributed by atoms with van der Waals surface area (Å²) in [5.74, 6) is -0.981. The lowest BCUT2D eigenvalue weighted by Gasteiger charge is -2.21. The number of hydrogen-bond donors (Lipinski definition) is 2. The second-order valence-electron chi connectivity index (χ2n) is 4.47. The Labute approximate surface area is 117 Å². The van der Waals surface area contributed by atoms with Gasteiger partial charge >= 0.3 is 12.0 Å². The molecule has 1 unspecified atom stereocenters. The molecule has 0 aliphatic heterocycles. The molecular weight excluding hydrogens is 264 g/mol. The molecule has 0 bridgehead atoms. The first-order valence-electron chi connectivity index (χ1n) is 6.30. The van der Waals surface area contributed by atoms with Gasteiger partial charge in [-0.05, 0) is 28.8 Å². The normalized spacial score (nSPS) is 11.9. The van der Waals surface area contributed by atoms with E-state index in [2.05, 4.69) is 5.32 Å². The van der Waals surface area contributed by atoms with E-state index in [0.717, 1.165) is 18.4 Å². The quantitative estimate of drug-likeness (QED) is 0.808. The third-order valence-corrected chi connectivity index (χ3v) is 3.52. The molecule has 1 aromatic rings. The third-order valence-electron chi connectivity index (χ3n) is 2.79. The van der Waals surface area contributed by atoms with Crippen molar-refractivity contribution in [1.82, 2.24) is 10.2 Å². The van der Waals surface area contributed by atoms with Gasteiger partial charge in [-0.25, -0.2) is 9.59 Å². The smallest absolute Gasteiger partial charge is 0.326 e. The largest absolute Gasteiger partial charge is 0.480 e. The fourth-order valence-corrected chi connectivity index (χ4v) is 2.31. The van der Waals surface area contributed by atoms with Crippen LogP contribution in [0.2, 0.25) is 0 Å². The van der Waals surface area contributed by atoms with Crippen molar-refractivity contribution in [2.75, 3.05) is 7.05 Å². The highest BCUT2D eigenvalue weighted by atomic mass is 32.1. The van der Waals surface area contributed by atoms with Gasteiger partial charge in [-0.3, -0.25) is 0 Å². The molecule has 0 spiro atoms. The molecule has 2 N–H and O–H groups in total. The Bertz CT molecular complexity index is 406. The second-order valence-corrected chi connectivity index (χ2v) is 5.25. The van der Waals surface area contributed by atoms with Crippen molar-refractivity contribution in [3.05, 3.63) is 22.4 Å². The van der Waals surface area contributed by atoms with Gasteiger partial charge in [-0.2, -0.15) is 11.3 Å².